The third-order valence-corrected chi connectivity index (χ3v) is 10.2. The van der Waals surface area contributed by atoms with Gasteiger partial charge in [0.05, 0.1) is 16.5 Å². The van der Waals surface area contributed by atoms with Gasteiger partial charge in [0.1, 0.15) is 11.6 Å². The van der Waals surface area contributed by atoms with Gasteiger partial charge >= 0.3 is 0 Å². The fraction of sp³-hybridized carbons (Fsp3) is 0.467. The van der Waals surface area contributed by atoms with Crippen LogP contribution in [0, 0.1) is 11.6 Å². The number of carbonyl (C=O) groups is 1. The lowest BCUT2D eigenvalue weighted by atomic mass is 9.84. The van der Waals surface area contributed by atoms with E-state index in [1.165, 1.54) is 0 Å². The number of fused-ring (bicyclic) bond motifs is 1. The van der Waals surface area contributed by atoms with Crippen molar-refractivity contribution >= 4 is 33.1 Å². The van der Waals surface area contributed by atoms with Crippen molar-refractivity contribution < 1.29 is 26.7 Å². The lowest BCUT2D eigenvalue weighted by Gasteiger charge is -2.37. The molecule has 1 amide bonds. The number of carbonyl (C=O) groups excluding carboxylic acids is 1. The first kappa shape index (κ1) is 30.4. The zero-order chi connectivity index (χ0) is 31.2. The number of nitrogens with zero attached hydrogens (tertiary/aromatic N) is 3. The maximum Gasteiger partial charge on any atom is 0.258 e. The van der Waals surface area contributed by atoms with Gasteiger partial charge in [-0.15, -0.1) is 0 Å². The van der Waals surface area contributed by atoms with E-state index in [1.807, 2.05) is 26.0 Å². The summed E-state index contributed by atoms with van der Waals surface area (Å²) in [7, 11) is -2.20. The SMILES string of the molecule is CN1CC(Nc2ccc(C(=O)Nc3n[nH]c4c3CN(S(=O)(=O)c3cc(F)cc(F)c3)CC4(C)C)c(NC3CCOCC3)c2)C1. The maximum atomic E-state index is 13.9. The highest BCUT2D eigenvalue weighted by Gasteiger charge is 2.41. The van der Waals surface area contributed by atoms with Gasteiger partial charge in [-0.3, -0.25) is 9.89 Å². The summed E-state index contributed by atoms with van der Waals surface area (Å²) in [5.41, 5.74) is 2.43. The molecule has 236 valence electrons. The molecule has 0 atom stereocenters. The zero-order valence-corrected chi connectivity index (χ0v) is 25.7. The number of amides is 1. The molecule has 3 aliphatic heterocycles. The monoisotopic (exact) mass is 629 g/mol. The Kier molecular flexibility index (Phi) is 8.11. The van der Waals surface area contributed by atoms with Crippen LogP contribution < -0.4 is 16.0 Å². The van der Waals surface area contributed by atoms with Gasteiger partial charge in [0, 0.05) is 79.5 Å². The highest BCUT2D eigenvalue weighted by Crippen LogP contribution is 2.38. The van der Waals surface area contributed by atoms with Crippen molar-refractivity contribution in [3.05, 3.63) is 64.9 Å². The smallest absolute Gasteiger partial charge is 0.258 e. The molecular weight excluding hydrogens is 592 g/mol. The Morgan fingerprint density at radius 2 is 1.75 bits per heavy atom. The van der Waals surface area contributed by atoms with Crippen molar-refractivity contribution in [3.63, 3.8) is 0 Å². The molecule has 0 aliphatic carbocycles. The lowest BCUT2D eigenvalue weighted by molar-refractivity contribution is 0.0904. The highest BCUT2D eigenvalue weighted by molar-refractivity contribution is 7.89. The number of benzene rings is 2. The van der Waals surface area contributed by atoms with E-state index in [4.69, 9.17) is 4.74 Å². The first-order valence-electron chi connectivity index (χ1n) is 14.7. The van der Waals surface area contributed by atoms with E-state index in [0.717, 1.165) is 48.1 Å². The van der Waals surface area contributed by atoms with E-state index in [-0.39, 0.29) is 24.9 Å². The van der Waals surface area contributed by atoms with Gasteiger partial charge < -0.3 is 25.6 Å². The first-order valence-corrected chi connectivity index (χ1v) is 16.1. The Hall–Kier alpha value is -3.59. The molecule has 2 aromatic carbocycles. The number of ether oxygens (including phenoxy) is 1. The molecule has 11 nitrogen and oxygen atoms in total. The van der Waals surface area contributed by atoms with Crippen LogP contribution in [0.5, 0.6) is 0 Å². The molecule has 4 N–H and O–H groups in total. The quantitative estimate of drug-likeness (QED) is 0.297. The minimum atomic E-state index is -4.27. The maximum absolute atomic E-state index is 13.9. The van der Waals surface area contributed by atoms with Crippen molar-refractivity contribution in [2.75, 3.05) is 55.8 Å². The summed E-state index contributed by atoms with van der Waals surface area (Å²) >= 11 is 0. The number of aromatic amines is 1. The molecule has 44 heavy (non-hydrogen) atoms. The van der Waals surface area contributed by atoms with Crippen LogP contribution >= 0.6 is 0 Å². The molecular formula is C30H37F2N7O4S. The molecule has 2 fully saturated rings. The van der Waals surface area contributed by atoms with Gasteiger partial charge in [-0.2, -0.15) is 9.40 Å². The van der Waals surface area contributed by atoms with Gasteiger partial charge in [0.25, 0.3) is 5.91 Å². The van der Waals surface area contributed by atoms with Crippen LogP contribution in [0.4, 0.5) is 26.0 Å². The Bertz CT molecular complexity index is 1650. The Morgan fingerprint density at radius 1 is 1.05 bits per heavy atom. The van der Waals surface area contributed by atoms with Gasteiger partial charge in [0.2, 0.25) is 10.0 Å². The number of likely N-dealkylation sites (N-methyl/N-ethyl adjacent to an activating group) is 1. The summed E-state index contributed by atoms with van der Waals surface area (Å²) in [6.07, 6.45) is 1.63. The summed E-state index contributed by atoms with van der Waals surface area (Å²) in [5.74, 6) is -2.18. The summed E-state index contributed by atoms with van der Waals surface area (Å²) in [5, 5.41) is 17.3. The van der Waals surface area contributed by atoms with Crippen molar-refractivity contribution in [2.24, 2.45) is 0 Å². The molecule has 0 radical (unpaired) electrons. The Labute approximate surface area is 255 Å². The third kappa shape index (κ3) is 6.16. The van der Waals surface area contributed by atoms with Gasteiger partial charge in [-0.1, -0.05) is 13.8 Å². The molecule has 0 bridgehead atoms. The van der Waals surface area contributed by atoms with Gasteiger partial charge in [-0.05, 0) is 50.2 Å². The fourth-order valence-electron chi connectivity index (χ4n) is 6.15. The predicted molar refractivity (Wildman–Crippen MR) is 162 cm³/mol. The summed E-state index contributed by atoms with van der Waals surface area (Å²) in [4.78, 5) is 15.5. The number of rotatable bonds is 8. The molecule has 2 saturated heterocycles. The number of aromatic nitrogens is 2. The van der Waals surface area contributed by atoms with Crippen LogP contribution in [-0.2, 0) is 26.7 Å². The zero-order valence-electron chi connectivity index (χ0n) is 24.9. The number of hydrogen-bond acceptors (Lipinski definition) is 8. The summed E-state index contributed by atoms with van der Waals surface area (Å²) in [6.45, 7) is 6.73. The van der Waals surface area contributed by atoms with Crippen LogP contribution in [0.15, 0.2) is 41.3 Å². The molecule has 1 aromatic heterocycles. The number of hydrogen-bond donors (Lipinski definition) is 4. The molecule has 0 unspecified atom stereocenters. The largest absolute Gasteiger partial charge is 0.381 e. The molecule has 0 spiro atoms. The second-order valence-electron chi connectivity index (χ2n) is 12.5. The van der Waals surface area contributed by atoms with Crippen LogP contribution in [-0.4, -0.2) is 85.7 Å². The minimum absolute atomic E-state index is 0.0421. The summed E-state index contributed by atoms with van der Waals surface area (Å²) in [6, 6.07) is 8.28. The summed E-state index contributed by atoms with van der Waals surface area (Å²) < 4.78 is 61.5. The number of likely N-dealkylation sites (tertiary alicyclic amines) is 1. The fourth-order valence-corrected chi connectivity index (χ4v) is 7.76. The highest BCUT2D eigenvalue weighted by atomic mass is 32.2. The lowest BCUT2D eigenvalue weighted by Crippen LogP contribution is -2.52. The molecule has 3 aliphatic rings. The molecule has 6 rings (SSSR count). The van der Waals surface area contributed by atoms with Crippen LogP contribution in [0.3, 0.4) is 0 Å². The van der Waals surface area contributed by atoms with Gasteiger partial charge in [0.15, 0.2) is 5.82 Å². The van der Waals surface area contributed by atoms with E-state index in [0.29, 0.717) is 47.8 Å². The molecule has 14 heteroatoms. The van der Waals surface area contributed by atoms with Gasteiger partial charge in [-0.25, -0.2) is 17.2 Å². The van der Waals surface area contributed by atoms with Crippen LogP contribution in [0.2, 0.25) is 0 Å². The second-order valence-corrected chi connectivity index (χ2v) is 14.4. The number of nitrogens with one attached hydrogen (secondary N) is 4. The first-order chi connectivity index (χ1) is 20.9. The predicted octanol–water partition coefficient (Wildman–Crippen LogP) is 3.74. The van der Waals surface area contributed by atoms with Crippen LogP contribution in [0.1, 0.15) is 48.3 Å². The molecule has 3 aromatic rings. The van der Waals surface area contributed by atoms with E-state index in [2.05, 4.69) is 38.1 Å². The number of H-pyrrole nitrogens is 1. The third-order valence-electron chi connectivity index (χ3n) is 8.44. The van der Waals surface area contributed by atoms with Crippen molar-refractivity contribution in [1.82, 2.24) is 19.4 Å². The molecule has 4 heterocycles. The average Bonchev–Trinajstić information content (AvgIpc) is 3.35. The van der Waals surface area contributed by atoms with Crippen LogP contribution in [0.25, 0.3) is 0 Å². The van der Waals surface area contributed by atoms with E-state index >= 15 is 0 Å². The van der Waals surface area contributed by atoms with E-state index in [9.17, 15) is 22.0 Å². The average molecular weight is 630 g/mol. The Morgan fingerprint density at radius 3 is 2.43 bits per heavy atom. The number of sulfonamides is 1. The number of halogens is 2. The minimum Gasteiger partial charge on any atom is -0.381 e. The standard InChI is InChI=1S/C30H37F2N7O4S/c1-30(2)17-39(44(41,42)23-11-18(31)10-19(32)12-23)16-25-27(30)36-37-28(25)35-29(40)24-5-4-21(33-22-14-38(3)15-22)13-26(24)34-20-6-8-43-9-7-20/h4-5,10-13,20,22,33-34H,6-9,14-17H2,1-3H3,(H2,35,36,37,40). The van der Waals surface area contributed by atoms with Crippen molar-refractivity contribution in [3.8, 4) is 0 Å². The molecule has 0 saturated carbocycles. The van der Waals surface area contributed by atoms with Crippen molar-refractivity contribution in [2.45, 2.75) is 55.6 Å². The van der Waals surface area contributed by atoms with E-state index in [1.54, 1.807) is 6.07 Å². The van der Waals surface area contributed by atoms with E-state index < -0.39 is 37.9 Å². The van der Waals surface area contributed by atoms with Crippen molar-refractivity contribution in [1.29, 1.82) is 0 Å². The normalized spacial score (nSPS) is 19.7. The Balaban J connectivity index is 1.27. The number of anilines is 3. The topological polar surface area (TPSA) is 132 Å². The second kappa shape index (κ2) is 11.7.